The Balaban J connectivity index is 2.63. The highest BCUT2D eigenvalue weighted by molar-refractivity contribution is 6.21. The van der Waals surface area contributed by atoms with E-state index in [2.05, 4.69) is 20.8 Å². The number of carbonyl (C=O) groups is 1. The molecule has 0 heterocycles. The van der Waals surface area contributed by atoms with Gasteiger partial charge in [-0.15, -0.1) is 11.6 Å². The van der Waals surface area contributed by atoms with Crippen LogP contribution in [-0.2, 0) is 4.79 Å². The van der Waals surface area contributed by atoms with Crippen molar-refractivity contribution in [1.82, 2.24) is 0 Å². The van der Waals surface area contributed by atoms with Crippen LogP contribution in [0.4, 0.5) is 0 Å². The molecule has 14 heavy (non-hydrogen) atoms. The molecule has 0 amide bonds. The van der Waals surface area contributed by atoms with Crippen molar-refractivity contribution < 1.29 is 4.79 Å². The van der Waals surface area contributed by atoms with Crippen molar-refractivity contribution in [2.45, 2.75) is 58.3 Å². The van der Waals surface area contributed by atoms with E-state index in [9.17, 15) is 4.79 Å². The molecule has 1 aliphatic carbocycles. The lowest BCUT2D eigenvalue weighted by Gasteiger charge is -2.35. The van der Waals surface area contributed by atoms with E-state index in [0.717, 1.165) is 25.7 Å². The lowest BCUT2D eigenvalue weighted by Crippen LogP contribution is -2.32. The van der Waals surface area contributed by atoms with Crippen LogP contribution in [0.15, 0.2) is 0 Å². The van der Waals surface area contributed by atoms with Crippen LogP contribution in [0.25, 0.3) is 0 Å². The van der Waals surface area contributed by atoms with Gasteiger partial charge in [0.25, 0.3) is 0 Å². The first kappa shape index (κ1) is 12.0. The fraction of sp³-hybridized carbons (Fsp3) is 0.917. The molecule has 0 spiro atoms. The molecule has 0 bridgehead atoms. The van der Waals surface area contributed by atoms with Gasteiger partial charge in [0.2, 0.25) is 0 Å². The van der Waals surface area contributed by atoms with Gasteiger partial charge >= 0.3 is 0 Å². The van der Waals surface area contributed by atoms with E-state index < -0.39 is 0 Å². The van der Waals surface area contributed by atoms with Crippen LogP contribution >= 0.6 is 11.6 Å². The van der Waals surface area contributed by atoms with Crippen LogP contribution in [-0.4, -0.2) is 11.2 Å². The zero-order valence-electron chi connectivity index (χ0n) is 9.48. The predicted octanol–water partition coefficient (Wildman–Crippen LogP) is 3.79. The molecule has 1 aliphatic rings. The molecular weight excluding hydrogens is 196 g/mol. The van der Waals surface area contributed by atoms with E-state index >= 15 is 0 Å². The summed E-state index contributed by atoms with van der Waals surface area (Å²) in [6, 6.07) is 0. The quantitative estimate of drug-likeness (QED) is 0.654. The predicted molar refractivity (Wildman–Crippen MR) is 60.7 cm³/mol. The monoisotopic (exact) mass is 216 g/mol. The first-order valence-corrected chi connectivity index (χ1v) is 6.13. The summed E-state index contributed by atoms with van der Waals surface area (Å²) in [4.78, 5) is 11.2. The topological polar surface area (TPSA) is 17.1 Å². The summed E-state index contributed by atoms with van der Waals surface area (Å²) in [6.07, 6.45) is 4.66. The zero-order chi connectivity index (χ0) is 10.8. The Hall–Kier alpha value is -0.0400. The highest BCUT2D eigenvalue weighted by atomic mass is 35.5. The SMILES string of the molecule is CCC(C)(CC)C(Cl)[C@@H]1CCC(=O)C1. The lowest BCUT2D eigenvalue weighted by molar-refractivity contribution is -0.117. The van der Waals surface area contributed by atoms with Crippen LogP contribution in [0, 0.1) is 11.3 Å². The molecule has 1 fully saturated rings. The molecule has 82 valence electrons. The van der Waals surface area contributed by atoms with Crippen molar-refractivity contribution >= 4 is 17.4 Å². The normalized spacial score (nSPS) is 25.4. The zero-order valence-corrected chi connectivity index (χ0v) is 10.2. The third-order valence-electron chi connectivity index (χ3n) is 3.98. The van der Waals surface area contributed by atoms with Gasteiger partial charge in [0.05, 0.1) is 0 Å². The van der Waals surface area contributed by atoms with Gasteiger partial charge in [0.15, 0.2) is 0 Å². The van der Waals surface area contributed by atoms with Crippen molar-refractivity contribution in [3.05, 3.63) is 0 Å². The minimum Gasteiger partial charge on any atom is -0.300 e. The first-order chi connectivity index (χ1) is 6.53. The molecular formula is C12H21ClO. The Morgan fingerprint density at radius 3 is 2.43 bits per heavy atom. The Kier molecular flexibility index (Phi) is 4.00. The number of hydrogen-bond donors (Lipinski definition) is 0. The largest absolute Gasteiger partial charge is 0.300 e. The lowest BCUT2D eigenvalue weighted by atomic mass is 9.76. The van der Waals surface area contributed by atoms with Gasteiger partial charge in [-0.05, 0) is 30.6 Å². The average Bonchev–Trinajstić information content (AvgIpc) is 2.62. The summed E-state index contributed by atoms with van der Waals surface area (Å²) in [5, 5.41) is 0.170. The van der Waals surface area contributed by atoms with Crippen LogP contribution in [0.3, 0.4) is 0 Å². The van der Waals surface area contributed by atoms with Gasteiger partial charge in [-0.25, -0.2) is 0 Å². The van der Waals surface area contributed by atoms with Gasteiger partial charge < -0.3 is 0 Å². The van der Waals surface area contributed by atoms with Crippen LogP contribution in [0.2, 0.25) is 0 Å². The molecule has 2 atom stereocenters. The van der Waals surface area contributed by atoms with E-state index in [-0.39, 0.29) is 10.8 Å². The molecule has 0 N–H and O–H groups in total. The average molecular weight is 217 g/mol. The smallest absolute Gasteiger partial charge is 0.133 e. The minimum atomic E-state index is 0.170. The molecule has 0 aliphatic heterocycles. The van der Waals surface area contributed by atoms with Gasteiger partial charge in [0.1, 0.15) is 5.78 Å². The van der Waals surface area contributed by atoms with Gasteiger partial charge in [-0.3, -0.25) is 4.79 Å². The van der Waals surface area contributed by atoms with Gasteiger partial charge in [-0.1, -0.05) is 20.8 Å². The molecule has 0 saturated heterocycles. The molecule has 0 aromatic rings. The fourth-order valence-corrected chi connectivity index (χ4v) is 2.83. The van der Waals surface area contributed by atoms with Crippen molar-refractivity contribution in [2.75, 3.05) is 0 Å². The Morgan fingerprint density at radius 2 is 2.07 bits per heavy atom. The summed E-state index contributed by atoms with van der Waals surface area (Å²) in [5.74, 6) is 0.823. The highest BCUT2D eigenvalue weighted by Crippen LogP contribution is 2.42. The van der Waals surface area contributed by atoms with Crippen LogP contribution in [0.5, 0.6) is 0 Å². The Morgan fingerprint density at radius 1 is 1.50 bits per heavy atom. The molecule has 1 rings (SSSR count). The van der Waals surface area contributed by atoms with Crippen molar-refractivity contribution in [2.24, 2.45) is 11.3 Å². The molecule has 1 nitrogen and oxygen atoms in total. The molecule has 0 aromatic heterocycles. The van der Waals surface area contributed by atoms with Crippen molar-refractivity contribution in [1.29, 1.82) is 0 Å². The Bertz CT molecular complexity index is 208. The molecule has 2 heteroatoms. The number of carbonyl (C=O) groups excluding carboxylic acids is 1. The van der Waals surface area contributed by atoms with E-state index in [0.29, 0.717) is 18.1 Å². The fourth-order valence-electron chi connectivity index (χ4n) is 2.30. The molecule has 1 saturated carbocycles. The third kappa shape index (κ3) is 2.31. The van der Waals surface area contributed by atoms with Crippen molar-refractivity contribution in [3.8, 4) is 0 Å². The second kappa shape index (κ2) is 4.65. The summed E-state index contributed by atoms with van der Waals surface area (Å²) >= 11 is 6.51. The standard InChI is InChI=1S/C12H21ClO/c1-4-12(3,5-2)11(13)9-6-7-10(14)8-9/h9,11H,4-8H2,1-3H3/t9-,11?/m1/s1. The third-order valence-corrected chi connectivity index (χ3v) is 4.86. The van der Waals surface area contributed by atoms with E-state index in [1.54, 1.807) is 0 Å². The number of rotatable bonds is 4. The van der Waals surface area contributed by atoms with Gasteiger partial charge in [0, 0.05) is 18.2 Å². The summed E-state index contributed by atoms with van der Waals surface area (Å²) in [5.41, 5.74) is 0.205. The maximum Gasteiger partial charge on any atom is 0.133 e. The molecule has 1 unspecified atom stereocenters. The molecule has 0 radical (unpaired) electrons. The van der Waals surface area contributed by atoms with Crippen LogP contribution < -0.4 is 0 Å². The van der Waals surface area contributed by atoms with E-state index in [1.807, 2.05) is 0 Å². The maximum absolute atomic E-state index is 11.2. The summed E-state index contributed by atoms with van der Waals surface area (Å²) < 4.78 is 0. The number of alkyl halides is 1. The molecule has 0 aromatic carbocycles. The van der Waals surface area contributed by atoms with E-state index in [1.165, 1.54) is 0 Å². The second-order valence-corrected chi connectivity index (χ2v) is 5.27. The Labute approximate surface area is 92.2 Å². The second-order valence-electron chi connectivity index (χ2n) is 4.80. The van der Waals surface area contributed by atoms with Crippen molar-refractivity contribution in [3.63, 3.8) is 0 Å². The summed E-state index contributed by atoms with van der Waals surface area (Å²) in [6.45, 7) is 6.62. The number of hydrogen-bond acceptors (Lipinski definition) is 1. The first-order valence-electron chi connectivity index (χ1n) is 5.69. The number of halogens is 1. The maximum atomic E-state index is 11.2. The number of ketones is 1. The minimum absolute atomic E-state index is 0.170. The van der Waals surface area contributed by atoms with E-state index in [4.69, 9.17) is 11.6 Å². The number of Topliss-reactive ketones (excluding diaryl/α,β-unsaturated/α-hetero) is 1. The van der Waals surface area contributed by atoms with Crippen LogP contribution in [0.1, 0.15) is 52.9 Å². The van der Waals surface area contributed by atoms with Gasteiger partial charge in [-0.2, -0.15) is 0 Å². The summed E-state index contributed by atoms with van der Waals surface area (Å²) in [7, 11) is 0. The highest BCUT2D eigenvalue weighted by Gasteiger charge is 2.38.